The minimum Gasteiger partial charge on any atom is -0.486 e. The smallest absolute Gasteiger partial charge is 0.416 e. The van der Waals surface area contributed by atoms with Crippen molar-refractivity contribution in [2.24, 2.45) is 5.41 Å². The largest absolute Gasteiger partial charge is 0.486 e. The fraction of sp³-hybridized carbons (Fsp3) is 0.296. The fourth-order valence-electron chi connectivity index (χ4n) is 4.39. The lowest BCUT2D eigenvalue weighted by Crippen LogP contribution is -2.46. The van der Waals surface area contributed by atoms with E-state index in [1.54, 1.807) is 0 Å². The van der Waals surface area contributed by atoms with Crippen molar-refractivity contribution in [3.63, 3.8) is 0 Å². The van der Waals surface area contributed by atoms with Crippen molar-refractivity contribution < 1.29 is 58.5 Å². The molecule has 226 valence electrons. The average Bonchev–Trinajstić information content (AvgIpc) is 2.89. The molecule has 0 aromatic heterocycles. The summed E-state index contributed by atoms with van der Waals surface area (Å²) in [5.74, 6) is -5.03. The van der Waals surface area contributed by atoms with Gasteiger partial charge in [0.15, 0.2) is 11.6 Å². The first kappa shape index (κ1) is 30.9. The quantitative estimate of drug-likeness (QED) is 0.281. The highest BCUT2D eigenvalue weighted by Gasteiger charge is 2.40. The molecule has 15 heteroatoms. The van der Waals surface area contributed by atoms with Crippen molar-refractivity contribution in [2.75, 3.05) is 10.8 Å². The second-order valence-electron chi connectivity index (χ2n) is 10.0. The van der Waals surface area contributed by atoms with E-state index in [4.69, 9.17) is 4.74 Å². The van der Waals surface area contributed by atoms with E-state index < -0.39 is 80.3 Å². The number of aliphatic carboxylic acids is 1. The Morgan fingerprint density at radius 2 is 1.79 bits per heavy atom. The van der Waals surface area contributed by atoms with Gasteiger partial charge in [-0.15, -0.1) is 0 Å². The van der Waals surface area contributed by atoms with Crippen LogP contribution >= 0.6 is 0 Å². The van der Waals surface area contributed by atoms with Crippen molar-refractivity contribution >= 4 is 21.7 Å². The van der Waals surface area contributed by atoms with E-state index in [0.29, 0.717) is 28.6 Å². The molecule has 1 heterocycles. The van der Waals surface area contributed by atoms with Gasteiger partial charge in [0.2, 0.25) is 0 Å². The van der Waals surface area contributed by atoms with Gasteiger partial charge in [0, 0.05) is 18.1 Å². The molecular formula is C27H22F7NO6S. The normalized spacial score (nSPS) is 15.8. The summed E-state index contributed by atoms with van der Waals surface area (Å²) in [6.07, 6.45) is -6.18. The van der Waals surface area contributed by atoms with Crippen LogP contribution in [0.1, 0.15) is 25.8 Å². The highest BCUT2D eigenvalue weighted by atomic mass is 32.2. The van der Waals surface area contributed by atoms with E-state index in [0.717, 1.165) is 24.3 Å². The zero-order valence-electron chi connectivity index (χ0n) is 21.8. The van der Waals surface area contributed by atoms with Gasteiger partial charge in [-0.1, -0.05) is 12.1 Å². The summed E-state index contributed by atoms with van der Waals surface area (Å²) >= 11 is 0. The number of ether oxygens (including phenoxy) is 2. The zero-order valence-corrected chi connectivity index (χ0v) is 22.6. The summed E-state index contributed by atoms with van der Waals surface area (Å²) in [4.78, 5) is 11.0. The molecule has 0 radical (unpaired) electrons. The van der Waals surface area contributed by atoms with Gasteiger partial charge >= 0.3 is 18.8 Å². The fourth-order valence-corrected chi connectivity index (χ4v) is 5.93. The lowest BCUT2D eigenvalue weighted by atomic mass is 9.86. The first-order valence-electron chi connectivity index (χ1n) is 12.1. The first-order chi connectivity index (χ1) is 19.4. The number of nitrogens with zero attached hydrogens (tertiary/aromatic N) is 1. The van der Waals surface area contributed by atoms with Crippen molar-refractivity contribution in [2.45, 2.75) is 44.1 Å². The summed E-state index contributed by atoms with van der Waals surface area (Å²) in [5.41, 5.74) is -3.74. The Balaban J connectivity index is 1.87. The average molecular weight is 622 g/mol. The Labute approximate surface area is 235 Å². The van der Waals surface area contributed by atoms with Crippen molar-refractivity contribution in [3.05, 3.63) is 71.8 Å². The van der Waals surface area contributed by atoms with Gasteiger partial charge < -0.3 is 14.6 Å². The summed E-state index contributed by atoms with van der Waals surface area (Å²) < 4.78 is 133. The van der Waals surface area contributed by atoms with Gasteiger partial charge in [-0.2, -0.15) is 22.0 Å². The topological polar surface area (TPSA) is 93.1 Å². The van der Waals surface area contributed by atoms with Crippen LogP contribution in [-0.2, 0) is 21.0 Å². The minimum atomic E-state index is -4.87. The number of hydrogen-bond acceptors (Lipinski definition) is 5. The van der Waals surface area contributed by atoms with Crippen LogP contribution in [0.5, 0.6) is 11.5 Å². The minimum absolute atomic E-state index is 0.160. The number of halogens is 7. The molecule has 0 spiro atoms. The molecule has 1 N–H and O–H groups in total. The van der Waals surface area contributed by atoms with E-state index in [2.05, 4.69) is 4.74 Å². The van der Waals surface area contributed by atoms with Gasteiger partial charge in [0.05, 0.1) is 28.1 Å². The molecule has 3 aromatic carbocycles. The predicted octanol–water partition coefficient (Wildman–Crippen LogP) is 6.71. The molecule has 1 atom stereocenters. The number of rotatable bonds is 8. The standard InChI is InChI=1S/C27H22F7NO6S/c1-26(2,24(36)37)12-17-13-35(42(38,39)18-5-3-4-15(9-18)27(32,33)34)20-8-14(6-7-21(20)40-17)19-10-16(28)11-22(23(19)29)41-25(30)31/h3-11,17,25H,12-13H2,1-2H3,(H,36,37)/t17-/m0/s1. The molecule has 4 rings (SSSR count). The maximum absolute atomic E-state index is 15.1. The van der Waals surface area contributed by atoms with E-state index >= 15 is 4.39 Å². The van der Waals surface area contributed by atoms with Gasteiger partial charge in [0.25, 0.3) is 10.0 Å². The third-order valence-corrected chi connectivity index (χ3v) is 8.26. The van der Waals surface area contributed by atoms with Crippen LogP contribution < -0.4 is 13.8 Å². The number of hydrogen-bond donors (Lipinski definition) is 1. The van der Waals surface area contributed by atoms with Crippen LogP contribution in [0, 0.1) is 17.0 Å². The monoisotopic (exact) mass is 621 g/mol. The summed E-state index contributed by atoms with van der Waals surface area (Å²) in [7, 11) is -4.79. The molecular weight excluding hydrogens is 599 g/mol. The first-order valence-corrected chi connectivity index (χ1v) is 13.5. The molecule has 0 amide bonds. The van der Waals surface area contributed by atoms with Crippen LogP contribution in [-0.4, -0.2) is 38.8 Å². The highest BCUT2D eigenvalue weighted by Crippen LogP contribution is 2.43. The molecule has 0 unspecified atom stereocenters. The third-order valence-electron chi connectivity index (χ3n) is 6.49. The molecule has 0 saturated carbocycles. The summed E-state index contributed by atoms with van der Waals surface area (Å²) in [5, 5.41) is 9.55. The number of carboxylic acid groups (broad SMARTS) is 1. The van der Waals surface area contributed by atoms with E-state index in [1.807, 2.05) is 0 Å². The van der Waals surface area contributed by atoms with E-state index in [9.17, 15) is 44.7 Å². The predicted molar refractivity (Wildman–Crippen MR) is 135 cm³/mol. The number of benzene rings is 3. The van der Waals surface area contributed by atoms with E-state index in [-0.39, 0.29) is 23.4 Å². The van der Waals surface area contributed by atoms with Crippen LogP contribution in [0.4, 0.5) is 36.4 Å². The zero-order chi connectivity index (χ0) is 31.2. The summed E-state index contributed by atoms with van der Waals surface area (Å²) in [6.45, 7) is -1.30. The van der Waals surface area contributed by atoms with E-state index in [1.165, 1.54) is 19.9 Å². The Bertz CT molecular complexity index is 1630. The third kappa shape index (κ3) is 6.25. The number of anilines is 1. The Kier molecular flexibility index (Phi) is 8.10. The molecule has 7 nitrogen and oxygen atoms in total. The molecule has 42 heavy (non-hydrogen) atoms. The van der Waals surface area contributed by atoms with Crippen LogP contribution in [0.15, 0.2) is 59.5 Å². The van der Waals surface area contributed by atoms with Crippen molar-refractivity contribution in [1.82, 2.24) is 0 Å². The SMILES string of the molecule is CC(C)(C[C@H]1CN(S(=O)(=O)c2cccc(C(F)(F)F)c2)c2cc(-c3cc(F)cc(OC(F)F)c3F)ccc2O1)C(=O)O. The lowest BCUT2D eigenvalue weighted by molar-refractivity contribution is -0.148. The summed E-state index contributed by atoms with van der Waals surface area (Å²) in [6, 6.07) is 7.34. The molecule has 1 aliphatic rings. The Morgan fingerprint density at radius 1 is 1.10 bits per heavy atom. The molecule has 0 saturated heterocycles. The Morgan fingerprint density at radius 3 is 2.40 bits per heavy atom. The maximum atomic E-state index is 15.1. The van der Waals surface area contributed by atoms with Gasteiger partial charge in [-0.05, 0) is 55.8 Å². The number of carboxylic acids is 1. The van der Waals surface area contributed by atoms with Crippen LogP contribution in [0.2, 0.25) is 0 Å². The molecule has 1 aliphatic heterocycles. The molecule has 0 fully saturated rings. The van der Waals surface area contributed by atoms with Crippen molar-refractivity contribution in [1.29, 1.82) is 0 Å². The van der Waals surface area contributed by atoms with Crippen LogP contribution in [0.3, 0.4) is 0 Å². The lowest BCUT2D eigenvalue weighted by Gasteiger charge is -2.38. The van der Waals surface area contributed by atoms with Gasteiger partial charge in [0.1, 0.15) is 17.7 Å². The maximum Gasteiger partial charge on any atom is 0.416 e. The second kappa shape index (κ2) is 11.0. The molecule has 0 aliphatic carbocycles. The van der Waals surface area contributed by atoms with Crippen molar-refractivity contribution in [3.8, 4) is 22.6 Å². The molecule has 0 bridgehead atoms. The highest BCUT2D eigenvalue weighted by molar-refractivity contribution is 7.92. The number of fused-ring (bicyclic) bond motifs is 1. The number of carbonyl (C=O) groups is 1. The van der Waals surface area contributed by atoms with Crippen LogP contribution in [0.25, 0.3) is 11.1 Å². The Hall–Kier alpha value is -4.01. The van der Waals surface area contributed by atoms with Gasteiger partial charge in [-0.25, -0.2) is 17.2 Å². The van der Waals surface area contributed by atoms with Gasteiger partial charge in [-0.3, -0.25) is 9.10 Å². The molecule has 3 aromatic rings. The number of sulfonamides is 1. The second-order valence-corrected chi connectivity index (χ2v) is 11.9. The number of alkyl halides is 5.